The van der Waals surface area contributed by atoms with Crippen LogP contribution in [-0.4, -0.2) is 36.4 Å². The molecule has 1 heterocycles. The van der Waals surface area contributed by atoms with Crippen LogP contribution >= 0.6 is 11.3 Å². The van der Waals surface area contributed by atoms with Gasteiger partial charge in [0.2, 0.25) is 11.3 Å². The minimum absolute atomic E-state index is 0.201. The Hall–Kier alpha value is -2.31. The molecule has 0 saturated carbocycles. The van der Waals surface area contributed by atoms with Gasteiger partial charge in [0.05, 0.1) is 33.0 Å². The average molecular weight is 313 g/mol. The number of para-hydroxylation sites is 1. The number of amides is 1. The summed E-state index contributed by atoms with van der Waals surface area (Å²) in [6, 6.07) is 11.0. The smallest absolute Gasteiger partial charge is 0.238 e. The zero-order valence-corrected chi connectivity index (χ0v) is 13.1. The molecule has 1 amide bonds. The van der Waals surface area contributed by atoms with E-state index in [1.165, 1.54) is 17.4 Å². The Morgan fingerprint density at radius 1 is 1.27 bits per heavy atom. The second kappa shape index (κ2) is 5.82. The van der Waals surface area contributed by atoms with Gasteiger partial charge in [0.15, 0.2) is 0 Å². The summed E-state index contributed by atoms with van der Waals surface area (Å²) < 4.78 is 1.03. The number of nitrogens with one attached hydrogen (secondary N) is 1. The molecule has 0 bridgehead atoms. The Bertz CT molecular complexity index is 873. The summed E-state index contributed by atoms with van der Waals surface area (Å²) in [6.45, 7) is 0.227. The fraction of sp³-hybridized carbons (Fsp3) is 0.188. The highest BCUT2D eigenvalue weighted by Crippen LogP contribution is 2.30. The summed E-state index contributed by atoms with van der Waals surface area (Å²) in [5.41, 5.74) is 1.66. The van der Waals surface area contributed by atoms with Crippen LogP contribution in [0.3, 0.4) is 0 Å². The summed E-state index contributed by atoms with van der Waals surface area (Å²) in [6.07, 6.45) is 0. The topological polar surface area (TPSA) is 62.3 Å². The van der Waals surface area contributed by atoms with Crippen LogP contribution in [0.4, 0.5) is 5.69 Å². The minimum atomic E-state index is -0.217. The molecule has 1 aromatic carbocycles. The van der Waals surface area contributed by atoms with E-state index >= 15 is 0 Å². The van der Waals surface area contributed by atoms with Gasteiger partial charge in [0.25, 0.3) is 0 Å². The van der Waals surface area contributed by atoms with E-state index in [-0.39, 0.29) is 23.6 Å². The van der Waals surface area contributed by atoms with Crippen molar-refractivity contribution in [2.75, 3.05) is 26.0 Å². The molecule has 1 N–H and O–H groups in total. The van der Waals surface area contributed by atoms with Gasteiger partial charge >= 0.3 is 0 Å². The van der Waals surface area contributed by atoms with Crippen molar-refractivity contribution in [1.29, 1.82) is 0 Å². The fourth-order valence-electron chi connectivity index (χ4n) is 2.18. The van der Waals surface area contributed by atoms with E-state index in [2.05, 4.69) is 10.3 Å². The number of carbonyl (C=O) groups is 1. The van der Waals surface area contributed by atoms with Crippen LogP contribution in [0, 0.1) is 0 Å². The SMILES string of the molecule is CN(C)CC(=O)Nc1cc2nc3ccccc3sc-2cc1=O. The lowest BCUT2D eigenvalue weighted by molar-refractivity contribution is -0.116. The normalized spacial score (nSPS) is 11.2. The Balaban J connectivity index is 2.04. The summed E-state index contributed by atoms with van der Waals surface area (Å²) in [7, 11) is 3.60. The van der Waals surface area contributed by atoms with Gasteiger partial charge in [-0.05, 0) is 32.3 Å². The second-order valence-electron chi connectivity index (χ2n) is 5.28. The van der Waals surface area contributed by atoms with Gasteiger partial charge in [-0.3, -0.25) is 9.59 Å². The average Bonchev–Trinajstić information content (AvgIpc) is 2.45. The number of benzene rings is 2. The summed E-state index contributed by atoms with van der Waals surface area (Å²) in [5, 5.41) is 2.65. The highest BCUT2D eigenvalue weighted by atomic mass is 32.1. The lowest BCUT2D eigenvalue weighted by atomic mass is 10.2. The fourth-order valence-corrected chi connectivity index (χ4v) is 3.15. The molecule has 1 aliphatic heterocycles. The molecule has 5 nitrogen and oxygen atoms in total. The van der Waals surface area contributed by atoms with E-state index in [9.17, 15) is 9.59 Å². The van der Waals surface area contributed by atoms with Crippen molar-refractivity contribution >= 4 is 33.1 Å². The Labute approximate surface area is 131 Å². The minimum Gasteiger partial charge on any atom is -0.322 e. The van der Waals surface area contributed by atoms with Gasteiger partial charge in [-0.2, -0.15) is 0 Å². The van der Waals surface area contributed by atoms with Gasteiger partial charge in [-0.25, -0.2) is 4.98 Å². The Morgan fingerprint density at radius 3 is 2.82 bits per heavy atom. The Morgan fingerprint density at radius 2 is 2.05 bits per heavy atom. The van der Waals surface area contributed by atoms with Gasteiger partial charge in [-0.15, -0.1) is 11.3 Å². The van der Waals surface area contributed by atoms with Crippen molar-refractivity contribution in [3.8, 4) is 10.6 Å². The van der Waals surface area contributed by atoms with Crippen molar-refractivity contribution in [3.63, 3.8) is 0 Å². The van der Waals surface area contributed by atoms with Crippen molar-refractivity contribution in [3.05, 3.63) is 46.6 Å². The molecule has 0 spiro atoms. The van der Waals surface area contributed by atoms with Crippen LogP contribution in [0.15, 0.2) is 41.2 Å². The van der Waals surface area contributed by atoms with Crippen LogP contribution in [0.5, 0.6) is 0 Å². The summed E-state index contributed by atoms with van der Waals surface area (Å²) in [5.74, 6) is -0.217. The van der Waals surface area contributed by atoms with Crippen molar-refractivity contribution in [1.82, 2.24) is 9.88 Å². The first-order chi connectivity index (χ1) is 10.5. The highest BCUT2D eigenvalue weighted by Gasteiger charge is 2.13. The summed E-state index contributed by atoms with van der Waals surface area (Å²) >= 11 is 1.52. The number of carbonyl (C=O) groups excluding carboxylic acids is 1. The predicted molar refractivity (Wildman–Crippen MR) is 89.7 cm³/mol. The number of likely N-dealkylation sites (N-methyl/N-ethyl adjacent to an activating group) is 1. The number of hydrogen-bond donors (Lipinski definition) is 1. The van der Waals surface area contributed by atoms with E-state index in [0.717, 1.165) is 15.1 Å². The largest absolute Gasteiger partial charge is 0.322 e. The van der Waals surface area contributed by atoms with Crippen molar-refractivity contribution in [2.24, 2.45) is 0 Å². The number of aromatic nitrogens is 1. The number of nitrogens with zero attached hydrogens (tertiary/aromatic N) is 2. The molecule has 0 atom stereocenters. The predicted octanol–water partition coefficient (Wildman–Crippen LogP) is 2.26. The monoisotopic (exact) mass is 313 g/mol. The number of hydrogen-bond acceptors (Lipinski definition) is 5. The molecule has 3 rings (SSSR count). The third kappa shape index (κ3) is 2.98. The molecule has 2 aliphatic rings. The van der Waals surface area contributed by atoms with E-state index in [1.807, 2.05) is 24.3 Å². The van der Waals surface area contributed by atoms with Crippen molar-refractivity contribution in [2.45, 2.75) is 0 Å². The van der Waals surface area contributed by atoms with Gasteiger partial charge in [-0.1, -0.05) is 12.1 Å². The molecule has 0 saturated heterocycles. The molecular weight excluding hydrogens is 298 g/mol. The maximum absolute atomic E-state index is 12.1. The first kappa shape index (κ1) is 14.6. The van der Waals surface area contributed by atoms with Gasteiger partial charge in [0, 0.05) is 6.07 Å². The van der Waals surface area contributed by atoms with Crippen LogP contribution in [0.1, 0.15) is 0 Å². The molecule has 0 radical (unpaired) electrons. The standard InChI is InChI=1S/C16H15N3O2S/c1-19(2)9-16(21)18-11-7-12-15(8-13(11)20)22-14-6-4-3-5-10(14)17-12/h3-8H,9H2,1-2H3,(H,18,21). The van der Waals surface area contributed by atoms with Gasteiger partial charge in [0.1, 0.15) is 0 Å². The maximum Gasteiger partial charge on any atom is 0.238 e. The summed E-state index contributed by atoms with van der Waals surface area (Å²) in [4.78, 5) is 31.1. The van der Waals surface area contributed by atoms with Crippen molar-refractivity contribution < 1.29 is 4.79 Å². The zero-order chi connectivity index (χ0) is 15.7. The molecular formula is C16H15N3O2S. The number of fused-ring (bicyclic) bond motifs is 2. The highest BCUT2D eigenvalue weighted by molar-refractivity contribution is 7.21. The first-order valence-corrected chi connectivity index (χ1v) is 7.63. The van der Waals surface area contributed by atoms with E-state index in [1.54, 1.807) is 25.1 Å². The Kier molecular flexibility index (Phi) is 3.87. The third-order valence-electron chi connectivity index (χ3n) is 3.12. The molecule has 0 aromatic heterocycles. The number of rotatable bonds is 3. The molecule has 0 fully saturated rings. The van der Waals surface area contributed by atoms with Crippen LogP contribution < -0.4 is 10.7 Å². The van der Waals surface area contributed by atoms with Crippen LogP contribution in [0.2, 0.25) is 0 Å². The second-order valence-corrected chi connectivity index (χ2v) is 6.37. The third-order valence-corrected chi connectivity index (χ3v) is 4.23. The zero-order valence-electron chi connectivity index (χ0n) is 12.3. The molecule has 0 unspecified atom stereocenters. The van der Waals surface area contributed by atoms with Gasteiger partial charge < -0.3 is 10.2 Å². The molecule has 112 valence electrons. The van der Waals surface area contributed by atoms with E-state index in [4.69, 9.17) is 0 Å². The molecule has 1 aliphatic carbocycles. The molecule has 1 aromatic rings. The number of anilines is 1. The van der Waals surface area contributed by atoms with Crippen LogP contribution in [-0.2, 0) is 4.79 Å². The van der Waals surface area contributed by atoms with Crippen LogP contribution in [0.25, 0.3) is 20.8 Å². The van der Waals surface area contributed by atoms with E-state index in [0.29, 0.717) is 5.69 Å². The quantitative estimate of drug-likeness (QED) is 0.754. The maximum atomic E-state index is 12.1. The lowest BCUT2D eigenvalue weighted by Gasteiger charge is -2.11. The molecule has 22 heavy (non-hydrogen) atoms. The molecule has 6 heteroatoms. The first-order valence-electron chi connectivity index (χ1n) is 6.81. The lowest BCUT2D eigenvalue weighted by Crippen LogP contribution is -2.29. The van der Waals surface area contributed by atoms with E-state index < -0.39 is 0 Å².